The van der Waals surface area contributed by atoms with Crippen molar-refractivity contribution in [2.75, 3.05) is 0 Å². The van der Waals surface area contributed by atoms with E-state index in [1.54, 1.807) is 0 Å². The predicted molar refractivity (Wildman–Crippen MR) is 41.9 cm³/mol. The molecule has 5 heteroatoms. The molecule has 2 saturated carbocycles. The smallest absolute Gasteiger partial charge is 0.312 e. The largest absolute Gasteiger partial charge is 0.481 e. The van der Waals surface area contributed by atoms with Crippen molar-refractivity contribution in [1.82, 2.24) is 0 Å². The van der Waals surface area contributed by atoms with Crippen molar-refractivity contribution in [2.24, 2.45) is 23.0 Å². The van der Waals surface area contributed by atoms with Crippen LogP contribution in [0.2, 0.25) is 0 Å². The molecule has 5 nitrogen and oxygen atoms in total. The molecule has 4 unspecified atom stereocenters. The summed E-state index contributed by atoms with van der Waals surface area (Å²) in [5.74, 6) is -3.07. The van der Waals surface area contributed by atoms with E-state index >= 15 is 0 Å². The summed E-state index contributed by atoms with van der Waals surface area (Å²) in [5, 5.41) is 17.7. The number of carbonyl (C=O) groups is 2. The minimum atomic E-state index is -1.15. The average molecular weight is 185 g/mol. The van der Waals surface area contributed by atoms with Crippen LogP contribution in [0.4, 0.5) is 0 Å². The Kier molecular flexibility index (Phi) is 1.46. The molecule has 0 aliphatic heterocycles. The number of carboxylic acid groups (broad SMARTS) is 2. The van der Waals surface area contributed by atoms with Crippen LogP contribution in [-0.2, 0) is 9.59 Å². The molecule has 4 N–H and O–H groups in total. The van der Waals surface area contributed by atoms with Crippen molar-refractivity contribution in [2.45, 2.75) is 18.9 Å². The number of hydrogen-bond donors (Lipinski definition) is 3. The lowest BCUT2D eigenvalue weighted by atomic mass is 9.95. The third-order valence-electron chi connectivity index (χ3n) is 3.46. The molecule has 2 aliphatic rings. The first-order valence-corrected chi connectivity index (χ1v) is 4.24. The van der Waals surface area contributed by atoms with Crippen LogP contribution >= 0.6 is 0 Å². The fourth-order valence-corrected chi connectivity index (χ4v) is 2.82. The SMILES string of the molecule is NC1CCC2C(C(=O)O)C12C(=O)O. The lowest BCUT2D eigenvalue weighted by Crippen LogP contribution is -2.38. The molecule has 0 bridgehead atoms. The van der Waals surface area contributed by atoms with Gasteiger partial charge >= 0.3 is 11.9 Å². The van der Waals surface area contributed by atoms with E-state index in [0.717, 1.165) is 0 Å². The van der Waals surface area contributed by atoms with E-state index in [2.05, 4.69) is 0 Å². The van der Waals surface area contributed by atoms with Gasteiger partial charge in [-0.15, -0.1) is 0 Å². The first kappa shape index (κ1) is 8.50. The molecule has 0 amide bonds. The van der Waals surface area contributed by atoms with E-state index in [1.807, 2.05) is 0 Å². The van der Waals surface area contributed by atoms with Crippen LogP contribution in [0.3, 0.4) is 0 Å². The molecule has 0 aromatic rings. The highest BCUT2D eigenvalue weighted by atomic mass is 16.4. The molecule has 4 atom stereocenters. The number of rotatable bonds is 2. The zero-order valence-corrected chi connectivity index (χ0v) is 6.93. The molecular formula is C8H11NO4. The van der Waals surface area contributed by atoms with Crippen molar-refractivity contribution < 1.29 is 19.8 Å². The molecule has 72 valence electrons. The van der Waals surface area contributed by atoms with Crippen molar-refractivity contribution in [3.63, 3.8) is 0 Å². The summed E-state index contributed by atoms with van der Waals surface area (Å²) in [6.07, 6.45) is 1.26. The number of nitrogens with two attached hydrogens (primary N) is 1. The number of carboxylic acids is 2. The van der Waals surface area contributed by atoms with Crippen LogP contribution in [0.5, 0.6) is 0 Å². The van der Waals surface area contributed by atoms with E-state index in [1.165, 1.54) is 0 Å². The molecule has 0 aromatic heterocycles. The Morgan fingerprint density at radius 2 is 1.92 bits per heavy atom. The molecule has 0 heterocycles. The zero-order valence-electron chi connectivity index (χ0n) is 6.93. The third kappa shape index (κ3) is 0.751. The second kappa shape index (κ2) is 2.23. The molecule has 0 aromatic carbocycles. The van der Waals surface area contributed by atoms with E-state index < -0.39 is 29.3 Å². The second-order valence-electron chi connectivity index (χ2n) is 3.84. The quantitative estimate of drug-likeness (QED) is 0.539. The highest BCUT2D eigenvalue weighted by Crippen LogP contribution is 2.67. The summed E-state index contributed by atoms with van der Waals surface area (Å²) in [4.78, 5) is 21.7. The number of aliphatic carboxylic acids is 2. The Labute approximate surface area is 74.5 Å². The normalized spacial score (nSPS) is 47.0. The van der Waals surface area contributed by atoms with Gasteiger partial charge in [0.05, 0.1) is 5.92 Å². The topological polar surface area (TPSA) is 101 Å². The van der Waals surface area contributed by atoms with E-state index in [9.17, 15) is 9.59 Å². The van der Waals surface area contributed by atoms with Gasteiger partial charge in [-0.3, -0.25) is 9.59 Å². The third-order valence-corrected chi connectivity index (χ3v) is 3.46. The van der Waals surface area contributed by atoms with Crippen LogP contribution in [0.15, 0.2) is 0 Å². The molecule has 13 heavy (non-hydrogen) atoms. The van der Waals surface area contributed by atoms with Crippen molar-refractivity contribution >= 4 is 11.9 Å². The summed E-state index contributed by atoms with van der Waals surface area (Å²) in [7, 11) is 0. The van der Waals surface area contributed by atoms with Crippen molar-refractivity contribution in [1.29, 1.82) is 0 Å². The molecular weight excluding hydrogens is 174 g/mol. The van der Waals surface area contributed by atoms with Gasteiger partial charge in [-0.25, -0.2) is 0 Å². The Balaban J connectivity index is 2.33. The first-order chi connectivity index (χ1) is 6.02. The van der Waals surface area contributed by atoms with Gasteiger partial charge in [0.1, 0.15) is 5.41 Å². The first-order valence-electron chi connectivity index (χ1n) is 4.24. The summed E-state index contributed by atoms with van der Waals surface area (Å²) in [5.41, 5.74) is 4.49. The van der Waals surface area contributed by atoms with Crippen LogP contribution in [-0.4, -0.2) is 28.2 Å². The lowest BCUT2D eigenvalue weighted by Gasteiger charge is -2.15. The van der Waals surface area contributed by atoms with Gasteiger partial charge in [0.2, 0.25) is 0 Å². The standard InChI is InChI=1S/C8H11NO4/c9-4-2-1-3-5(6(10)11)8(3,4)7(12)13/h3-5H,1-2,9H2,(H,10,11)(H,12,13). The van der Waals surface area contributed by atoms with Gasteiger partial charge < -0.3 is 15.9 Å². The Bertz CT molecular complexity index is 290. The van der Waals surface area contributed by atoms with Gasteiger partial charge in [0, 0.05) is 6.04 Å². The predicted octanol–water partition coefficient (Wildman–Crippen LogP) is -0.491. The molecule has 0 spiro atoms. The molecule has 0 saturated heterocycles. The molecule has 0 radical (unpaired) electrons. The monoisotopic (exact) mass is 185 g/mol. The van der Waals surface area contributed by atoms with Crippen LogP contribution in [0.1, 0.15) is 12.8 Å². The Morgan fingerprint density at radius 1 is 1.31 bits per heavy atom. The maximum Gasteiger partial charge on any atom is 0.312 e. The second-order valence-corrected chi connectivity index (χ2v) is 3.84. The van der Waals surface area contributed by atoms with Gasteiger partial charge in [-0.2, -0.15) is 0 Å². The Morgan fingerprint density at radius 3 is 2.23 bits per heavy atom. The Hall–Kier alpha value is -1.10. The fraction of sp³-hybridized carbons (Fsp3) is 0.750. The highest BCUT2D eigenvalue weighted by molar-refractivity contribution is 5.91. The van der Waals surface area contributed by atoms with Crippen LogP contribution in [0, 0.1) is 17.3 Å². The van der Waals surface area contributed by atoms with Gasteiger partial charge in [0.15, 0.2) is 0 Å². The average Bonchev–Trinajstić information content (AvgIpc) is 2.60. The fourth-order valence-electron chi connectivity index (χ4n) is 2.82. The zero-order chi connectivity index (χ0) is 9.80. The molecule has 2 rings (SSSR count). The summed E-state index contributed by atoms with van der Waals surface area (Å²) in [6, 6.07) is -0.490. The number of fused-ring (bicyclic) bond motifs is 1. The molecule has 2 fully saturated rings. The van der Waals surface area contributed by atoms with Crippen molar-refractivity contribution in [3.8, 4) is 0 Å². The minimum Gasteiger partial charge on any atom is -0.481 e. The minimum absolute atomic E-state index is 0.238. The van der Waals surface area contributed by atoms with Gasteiger partial charge in [0.25, 0.3) is 0 Å². The van der Waals surface area contributed by atoms with Crippen LogP contribution < -0.4 is 5.73 Å². The summed E-state index contributed by atoms with van der Waals surface area (Å²) in [6.45, 7) is 0. The van der Waals surface area contributed by atoms with Crippen molar-refractivity contribution in [3.05, 3.63) is 0 Å². The number of hydrogen-bond acceptors (Lipinski definition) is 3. The van der Waals surface area contributed by atoms with E-state index in [-0.39, 0.29) is 5.92 Å². The highest BCUT2D eigenvalue weighted by Gasteiger charge is 2.78. The lowest BCUT2D eigenvalue weighted by molar-refractivity contribution is -0.149. The van der Waals surface area contributed by atoms with E-state index in [0.29, 0.717) is 12.8 Å². The maximum atomic E-state index is 10.9. The summed E-state index contributed by atoms with van der Waals surface area (Å²) >= 11 is 0. The van der Waals surface area contributed by atoms with E-state index in [4.69, 9.17) is 15.9 Å². The maximum absolute atomic E-state index is 10.9. The summed E-state index contributed by atoms with van der Waals surface area (Å²) < 4.78 is 0. The molecule has 2 aliphatic carbocycles. The van der Waals surface area contributed by atoms with Gasteiger partial charge in [-0.05, 0) is 18.8 Å². The van der Waals surface area contributed by atoms with Crippen LogP contribution in [0.25, 0.3) is 0 Å². The van der Waals surface area contributed by atoms with Gasteiger partial charge in [-0.1, -0.05) is 0 Å².